The molecule has 1 unspecified atom stereocenters. The fourth-order valence-corrected chi connectivity index (χ4v) is 1.51. The van der Waals surface area contributed by atoms with E-state index in [4.69, 9.17) is 10.5 Å². The third-order valence-electron chi connectivity index (χ3n) is 2.46. The Morgan fingerprint density at radius 1 is 1.42 bits per heavy atom. The van der Waals surface area contributed by atoms with Crippen molar-refractivity contribution in [2.75, 3.05) is 6.61 Å². The lowest BCUT2D eigenvalue weighted by Gasteiger charge is -2.13. The second kappa shape index (κ2) is 7.38. The fourth-order valence-electron chi connectivity index (χ4n) is 1.51. The zero-order valence-corrected chi connectivity index (χ0v) is 11.1. The highest BCUT2D eigenvalue weighted by Crippen LogP contribution is 2.13. The van der Waals surface area contributed by atoms with Gasteiger partial charge in [-0.1, -0.05) is 12.1 Å². The molecule has 0 heterocycles. The number of carbonyl (C=O) groups is 2. The Labute approximate surface area is 112 Å². The number of benzene rings is 1. The quantitative estimate of drug-likeness (QED) is 0.708. The van der Waals surface area contributed by atoms with Crippen molar-refractivity contribution in [2.45, 2.75) is 26.4 Å². The Hall–Kier alpha value is -2.08. The van der Waals surface area contributed by atoms with E-state index in [9.17, 15) is 9.59 Å². The van der Waals surface area contributed by atoms with E-state index in [1.54, 1.807) is 6.92 Å². The van der Waals surface area contributed by atoms with Crippen LogP contribution in [0.5, 0.6) is 5.75 Å². The average molecular weight is 265 g/mol. The average Bonchev–Trinajstić information content (AvgIpc) is 2.36. The Bertz CT molecular complexity index is 449. The molecule has 0 fully saturated rings. The highest BCUT2D eigenvalue weighted by molar-refractivity contribution is 5.96. The molecule has 6 nitrogen and oxygen atoms in total. The van der Waals surface area contributed by atoms with Crippen LogP contribution in [0.1, 0.15) is 19.4 Å². The van der Waals surface area contributed by atoms with E-state index in [1.165, 1.54) is 0 Å². The molecular weight excluding hydrogens is 246 g/mol. The van der Waals surface area contributed by atoms with Gasteiger partial charge in [-0.25, -0.2) is 4.79 Å². The molecule has 0 saturated carbocycles. The lowest BCUT2D eigenvalue weighted by molar-refractivity contribution is -0.121. The maximum Gasteiger partial charge on any atom is 0.318 e. The number of ether oxygens (including phenoxy) is 1. The summed E-state index contributed by atoms with van der Waals surface area (Å²) in [4.78, 5) is 22.0. The molecule has 1 atom stereocenters. The Kier molecular flexibility index (Phi) is 5.81. The molecule has 1 aromatic rings. The number of amides is 3. The molecule has 0 spiro atoms. The smallest absolute Gasteiger partial charge is 0.318 e. The van der Waals surface area contributed by atoms with Gasteiger partial charge in [0.2, 0.25) is 5.91 Å². The predicted molar refractivity (Wildman–Crippen MR) is 71.6 cm³/mol. The summed E-state index contributed by atoms with van der Waals surface area (Å²) in [5, 5.41) is 5.02. The van der Waals surface area contributed by atoms with Crippen molar-refractivity contribution in [3.63, 3.8) is 0 Å². The molecule has 0 saturated heterocycles. The molecule has 19 heavy (non-hydrogen) atoms. The van der Waals surface area contributed by atoms with Gasteiger partial charge >= 0.3 is 6.03 Å². The molecule has 4 N–H and O–H groups in total. The zero-order valence-electron chi connectivity index (χ0n) is 11.1. The summed E-state index contributed by atoms with van der Waals surface area (Å²) in [6.07, 6.45) is 0. The second-order valence-electron chi connectivity index (χ2n) is 4.04. The number of nitrogens with one attached hydrogen (secondary N) is 2. The van der Waals surface area contributed by atoms with Crippen molar-refractivity contribution in [3.8, 4) is 5.75 Å². The molecule has 1 aromatic carbocycles. The summed E-state index contributed by atoms with van der Waals surface area (Å²) in [6.45, 7) is 4.67. The van der Waals surface area contributed by atoms with Gasteiger partial charge in [0.05, 0.1) is 12.6 Å². The normalized spacial score (nSPS) is 11.7. The van der Waals surface area contributed by atoms with Crippen LogP contribution in [0.15, 0.2) is 24.3 Å². The van der Waals surface area contributed by atoms with Crippen molar-refractivity contribution in [1.29, 1.82) is 0 Å². The van der Waals surface area contributed by atoms with Gasteiger partial charge in [-0.2, -0.15) is 0 Å². The van der Waals surface area contributed by atoms with Crippen molar-refractivity contribution in [2.24, 2.45) is 5.73 Å². The van der Waals surface area contributed by atoms with E-state index < -0.39 is 18.0 Å². The van der Waals surface area contributed by atoms with Crippen LogP contribution in [0, 0.1) is 0 Å². The minimum atomic E-state index is -0.850. The van der Waals surface area contributed by atoms with Crippen molar-refractivity contribution in [3.05, 3.63) is 29.8 Å². The summed E-state index contributed by atoms with van der Waals surface area (Å²) in [6, 6.07) is 6.22. The third kappa shape index (κ3) is 5.39. The molecule has 104 valence electrons. The van der Waals surface area contributed by atoms with Gasteiger partial charge in [0.1, 0.15) is 5.75 Å². The van der Waals surface area contributed by atoms with E-state index in [2.05, 4.69) is 5.32 Å². The van der Waals surface area contributed by atoms with E-state index in [0.29, 0.717) is 13.2 Å². The molecule has 3 amide bonds. The largest absolute Gasteiger partial charge is 0.494 e. The standard InChI is InChI=1S/C13H19N3O3/c1-3-19-11-6-4-5-10(7-11)8-15-9(2)12(17)16-13(14)18/h4-7,9,15H,3,8H2,1-2H3,(H3,14,16,17,18). The van der Waals surface area contributed by atoms with Gasteiger partial charge in [-0.15, -0.1) is 0 Å². The first kappa shape index (κ1) is 15.0. The maximum atomic E-state index is 11.4. The molecule has 1 rings (SSSR count). The lowest BCUT2D eigenvalue weighted by Crippen LogP contribution is -2.46. The zero-order chi connectivity index (χ0) is 14.3. The van der Waals surface area contributed by atoms with Gasteiger partial charge in [0.25, 0.3) is 0 Å². The summed E-state index contributed by atoms with van der Waals surface area (Å²) in [5.41, 5.74) is 5.87. The van der Waals surface area contributed by atoms with Crippen LogP contribution >= 0.6 is 0 Å². The van der Waals surface area contributed by atoms with Crippen LogP contribution < -0.4 is 21.1 Å². The summed E-state index contributed by atoms with van der Waals surface area (Å²) in [5.74, 6) is 0.338. The van der Waals surface area contributed by atoms with Crippen LogP contribution in [0.2, 0.25) is 0 Å². The number of imide groups is 1. The first-order valence-electron chi connectivity index (χ1n) is 6.08. The van der Waals surface area contributed by atoms with E-state index in [-0.39, 0.29) is 0 Å². The topological polar surface area (TPSA) is 93.4 Å². The second-order valence-corrected chi connectivity index (χ2v) is 4.04. The molecule has 0 radical (unpaired) electrons. The van der Waals surface area contributed by atoms with Crippen LogP contribution in [0.3, 0.4) is 0 Å². The minimum absolute atomic E-state index is 0.450. The van der Waals surface area contributed by atoms with E-state index in [0.717, 1.165) is 11.3 Å². The van der Waals surface area contributed by atoms with Crippen molar-refractivity contribution >= 4 is 11.9 Å². The third-order valence-corrected chi connectivity index (χ3v) is 2.46. The summed E-state index contributed by atoms with van der Waals surface area (Å²) in [7, 11) is 0. The molecule has 0 aromatic heterocycles. The molecule has 0 aliphatic carbocycles. The number of carbonyl (C=O) groups excluding carboxylic acids is 2. The Morgan fingerprint density at radius 2 is 2.16 bits per heavy atom. The minimum Gasteiger partial charge on any atom is -0.494 e. The maximum absolute atomic E-state index is 11.4. The highest BCUT2D eigenvalue weighted by Gasteiger charge is 2.13. The van der Waals surface area contributed by atoms with E-state index in [1.807, 2.05) is 36.5 Å². The Morgan fingerprint density at radius 3 is 2.79 bits per heavy atom. The molecule has 0 aliphatic rings. The van der Waals surface area contributed by atoms with Crippen molar-refractivity contribution < 1.29 is 14.3 Å². The SMILES string of the molecule is CCOc1cccc(CNC(C)C(=O)NC(N)=O)c1. The van der Waals surface area contributed by atoms with Gasteiger partial charge in [-0.05, 0) is 31.5 Å². The summed E-state index contributed by atoms with van der Waals surface area (Å²) < 4.78 is 5.39. The highest BCUT2D eigenvalue weighted by atomic mass is 16.5. The van der Waals surface area contributed by atoms with Gasteiger partial charge in [0, 0.05) is 6.54 Å². The number of urea groups is 1. The first-order valence-corrected chi connectivity index (χ1v) is 6.08. The van der Waals surface area contributed by atoms with Crippen LogP contribution in [-0.4, -0.2) is 24.6 Å². The number of rotatable bonds is 6. The number of hydrogen-bond acceptors (Lipinski definition) is 4. The molecule has 0 aliphatic heterocycles. The number of hydrogen-bond donors (Lipinski definition) is 3. The molecule has 0 bridgehead atoms. The lowest BCUT2D eigenvalue weighted by atomic mass is 10.2. The van der Waals surface area contributed by atoms with Crippen molar-refractivity contribution in [1.82, 2.24) is 10.6 Å². The summed E-state index contributed by atoms with van der Waals surface area (Å²) >= 11 is 0. The molecular formula is C13H19N3O3. The van der Waals surface area contributed by atoms with Crippen LogP contribution in [0.25, 0.3) is 0 Å². The monoisotopic (exact) mass is 265 g/mol. The fraction of sp³-hybridized carbons (Fsp3) is 0.385. The van der Waals surface area contributed by atoms with E-state index >= 15 is 0 Å². The Balaban J connectivity index is 2.49. The van der Waals surface area contributed by atoms with Crippen LogP contribution in [-0.2, 0) is 11.3 Å². The molecule has 6 heteroatoms. The number of primary amides is 1. The van der Waals surface area contributed by atoms with Gasteiger partial charge in [0.15, 0.2) is 0 Å². The van der Waals surface area contributed by atoms with Gasteiger partial charge < -0.3 is 15.8 Å². The van der Waals surface area contributed by atoms with Gasteiger partial charge in [-0.3, -0.25) is 10.1 Å². The predicted octanol–water partition coefficient (Wildman–Crippen LogP) is 0.758. The number of nitrogens with two attached hydrogens (primary N) is 1. The first-order chi connectivity index (χ1) is 9.02. The van der Waals surface area contributed by atoms with Crippen LogP contribution in [0.4, 0.5) is 4.79 Å².